The fraction of sp³-hybridized carbons (Fsp3) is 0.263. The van der Waals surface area contributed by atoms with Crippen LogP contribution in [0.5, 0.6) is 11.5 Å². The number of anilines is 1. The fourth-order valence-electron chi connectivity index (χ4n) is 2.55. The zero-order valence-electron chi connectivity index (χ0n) is 16.3. The van der Waals surface area contributed by atoms with Gasteiger partial charge in [-0.25, -0.2) is 8.42 Å². The molecule has 0 heterocycles. The number of nitrogens with one attached hydrogen (secondary N) is 1. The number of primary amides is 1. The second-order valence-electron chi connectivity index (χ2n) is 6.17. The van der Waals surface area contributed by atoms with Crippen LogP contribution in [0.3, 0.4) is 0 Å². The third-order valence-electron chi connectivity index (χ3n) is 4.05. The minimum absolute atomic E-state index is 0.0266. The molecule has 0 spiro atoms. The van der Waals surface area contributed by atoms with Crippen LogP contribution in [0, 0.1) is 0 Å². The summed E-state index contributed by atoms with van der Waals surface area (Å²) < 4.78 is 36.6. The Morgan fingerprint density at radius 3 is 2.21 bits per heavy atom. The van der Waals surface area contributed by atoms with Crippen molar-refractivity contribution in [3.63, 3.8) is 0 Å². The number of nitrogens with two attached hydrogens (primary N) is 1. The summed E-state index contributed by atoms with van der Waals surface area (Å²) in [5.74, 6) is -0.308. The maximum atomic E-state index is 12.7. The van der Waals surface area contributed by atoms with E-state index in [-0.39, 0.29) is 23.6 Å². The van der Waals surface area contributed by atoms with Gasteiger partial charge in [-0.1, -0.05) is 12.1 Å². The van der Waals surface area contributed by atoms with E-state index in [1.165, 1.54) is 39.5 Å². The van der Waals surface area contributed by atoms with Gasteiger partial charge in [0.25, 0.3) is 0 Å². The van der Waals surface area contributed by atoms with Crippen LogP contribution in [-0.4, -0.2) is 52.3 Å². The lowest BCUT2D eigenvalue weighted by Crippen LogP contribution is -2.35. The van der Waals surface area contributed by atoms with Crippen molar-refractivity contribution >= 4 is 27.5 Å². The monoisotopic (exact) mass is 421 g/mol. The van der Waals surface area contributed by atoms with E-state index in [2.05, 4.69) is 5.32 Å². The highest BCUT2D eigenvalue weighted by atomic mass is 32.2. The molecule has 0 saturated heterocycles. The Hall–Kier alpha value is -3.11. The molecule has 0 aliphatic rings. The number of likely N-dealkylation sites (N-methyl/N-ethyl adjacent to an activating group) is 1. The van der Waals surface area contributed by atoms with Gasteiger partial charge in [-0.05, 0) is 29.8 Å². The molecule has 10 heteroatoms. The molecule has 0 bridgehead atoms. The molecular formula is C19H23N3O6S. The first kappa shape index (κ1) is 22.2. The number of carbonyl (C=O) groups excluding carboxylic acids is 2. The van der Waals surface area contributed by atoms with Gasteiger partial charge in [-0.15, -0.1) is 0 Å². The fourth-order valence-corrected chi connectivity index (χ4v) is 3.69. The number of rotatable bonds is 9. The van der Waals surface area contributed by atoms with Gasteiger partial charge >= 0.3 is 0 Å². The number of amides is 2. The topological polar surface area (TPSA) is 128 Å². The third-order valence-corrected chi connectivity index (χ3v) is 5.84. The van der Waals surface area contributed by atoms with Crippen LogP contribution < -0.4 is 20.5 Å². The minimum atomic E-state index is -3.92. The molecule has 0 unspecified atom stereocenters. The van der Waals surface area contributed by atoms with Crippen LogP contribution in [-0.2, 0) is 26.0 Å². The molecule has 0 saturated carbocycles. The number of hydrogen-bond acceptors (Lipinski definition) is 6. The number of carbonyl (C=O) groups is 2. The molecule has 2 aromatic rings. The largest absolute Gasteiger partial charge is 0.493 e. The average Bonchev–Trinajstić information content (AvgIpc) is 2.68. The lowest BCUT2D eigenvalue weighted by molar-refractivity contribution is -0.117. The third kappa shape index (κ3) is 5.69. The van der Waals surface area contributed by atoms with Crippen molar-refractivity contribution in [2.45, 2.75) is 11.3 Å². The number of nitrogens with zero attached hydrogens (tertiary/aromatic N) is 1. The highest BCUT2D eigenvalue weighted by molar-refractivity contribution is 7.89. The van der Waals surface area contributed by atoms with Crippen LogP contribution in [0.15, 0.2) is 47.4 Å². The maximum absolute atomic E-state index is 12.7. The van der Waals surface area contributed by atoms with E-state index in [0.717, 1.165) is 4.31 Å². The first-order chi connectivity index (χ1) is 13.7. The highest BCUT2D eigenvalue weighted by Crippen LogP contribution is 2.30. The van der Waals surface area contributed by atoms with Crippen LogP contribution in [0.4, 0.5) is 5.69 Å². The summed E-state index contributed by atoms with van der Waals surface area (Å²) in [5.41, 5.74) is 6.32. The molecule has 0 aliphatic heterocycles. The Balaban J connectivity index is 2.07. The van der Waals surface area contributed by atoms with Gasteiger partial charge in [0.15, 0.2) is 11.5 Å². The number of benzene rings is 2. The van der Waals surface area contributed by atoms with Crippen LogP contribution in [0.2, 0.25) is 0 Å². The second-order valence-corrected chi connectivity index (χ2v) is 8.21. The minimum Gasteiger partial charge on any atom is -0.493 e. The first-order valence-electron chi connectivity index (χ1n) is 8.53. The van der Waals surface area contributed by atoms with Gasteiger partial charge in [0, 0.05) is 18.8 Å². The molecule has 2 aromatic carbocycles. The smallest absolute Gasteiger partial charge is 0.243 e. The summed E-state index contributed by atoms with van der Waals surface area (Å²) in [4.78, 5) is 23.1. The maximum Gasteiger partial charge on any atom is 0.243 e. The van der Waals surface area contributed by atoms with Gasteiger partial charge < -0.3 is 20.5 Å². The van der Waals surface area contributed by atoms with Crippen molar-refractivity contribution in [1.82, 2.24) is 4.31 Å². The van der Waals surface area contributed by atoms with Crippen molar-refractivity contribution in [2.24, 2.45) is 5.73 Å². The van der Waals surface area contributed by atoms with E-state index in [4.69, 9.17) is 15.2 Å². The first-order valence-corrected chi connectivity index (χ1v) is 9.97. The van der Waals surface area contributed by atoms with Crippen molar-refractivity contribution in [3.05, 3.63) is 48.0 Å². The Morgan fingerprint density at radius 1 is 1.03 bits per heavy atom. The van der Waals surface area contributed by atoms with Crippen LogP contribution in [0.1, 0.15) is 5.56 Å². The molecule has 0 aromatic heterocycles. The lowest BCUT2D eigenvalue weighted by Gasteiger charge is -2.18. The molecule has 0 atom stereocenters. The van der Waals surface area contributed by atoms with Gasteiger partial charge in [-0.3, -0.25) is 9.59 Å². The van der Waals surface area contributed by atoms with Crippen molar-refractivity contribution in [3.8, 4) is 11.5 Å². The summed E-state index contributed by atoms with van der Waals surface area (Å²) in [6.07, 6.45) is 0.0977. The summed E-state index contributed by atoms with van der Waals surface area (Å²) in [6, 6.07) is 10.7. The number of methoxy groups -OCH3 is 2. The van der Waals surface area contributed by atoms with Crippen molar-refractivity contribution in [1.29, 1.82) is 0 Å². The summed E-state index contributed by atoms with van der Waals surface area (Å²) in [5, 5.41) is 2.61. The van der Waals surface area contributed by atoms with Gasteiger partial charge in [0.05, 0.1) is 32.1 Å². The predicted octanol–water partition coefficient (Wildman–Crippen LogP) is 0.991. The Kier molecular flexibility index (Phi) is 7.18. The molecule has 0 aliphatic carbocycles. The zero-order chi connectivity index (χ0) is 21.6. The number of ether oxygens (including phenoxy) is 2. The molecule has 9 nitrogen and oxygen atoms in total. The van der Waals surface area contributed by atoms with Gasteiger partial charge in [-0.2, -0.15) is 4.31 Å². The zero-order valence-corrected chi connectivity index (χ0v) is 17.2. The number of hydrogen-bond donors (Lipinski definition) is 2. The normalized spacial score (nSPS) is 11.2. The Labute approximate surface area is 169 Å². The summed E-state index contributed by atoms with van der Waals surface area (Å²) in [6.45, 7) is -0.389. The SMILES string of the molecule is COc1ccc(S(=O)(=O)N(C)CC(=O)Nc2ccc(CC(N)=O)cc2)cc1OC. The van der Waals surface area contributed by atoms with E-state index in [0.29, 0.717) is 17.0 Å². The van der Waals surface area contributed by atoms with Crippen molar-refractivity contribution in [2.75, 3.05) is 33.1 Å². The van der Waals surface area contributed by atoms with E-state index in [9.17, 15) is 18.0 Å². The second kappa shape index (κ2) is 9.39. The lowest BCUT2D eigenvalue weighted by atomic mass is 10.1. The van der Waals surface area contributed by atoms with E-state index < -0.39 is 21.8 Å². The molecule has 0 fully saturated rings. The molecule has 2 rings (SSSR count). The molecule has 3 N–H and O–H groups in total. The van der Waals surface area contributed by atoms with Crippen LogP contribution >= 0.6 is 0 Å². The molecule has 0 radical (unpaired) electrons. The van der Waals surface area contributed by atoms with Gasteiger partial charge in [0.1, 0.15) is 0 Å². The van der Waals surface area contributed by atoms with E-state index in [1.54, 1.807) is 24.3 Å². The molecule has 2 amide bonds. The molecule has 156 valence electrons. The average molecular weight is 421 g/mol. The van der Waals surface area contributed by atoms with Gasteiger partial charge in [0.2, 0.25) is 21.8 Å². The Bertz CT molecular complexity index is 990. The van der Waals surface area contributed by atoms with E-state index in [1.807, 2.05) is 0 Å². The predicted molar refractivity (Wildman–Crippen MR) is 107 cm³/mol. The van der Waals surface area contributed by atoms with Crippen LogP contribution in [0.25, 0.3) is 0 Å². The quantitative estimate of drug-likeness (QED) is 0.621. The van der Waals surface area contributed by atoms with Crippen molar-refractivity contribution < 1.29 is 27.5 Å². The Morgan fingerprint density at radius 2 is 1.66 bits per heavy atom. The highest BCUT2D eigenvalue weighted by Gasteiger charge is 2.24. The molecular weight excluding hydrogens is 398 g/mol. The summed E-state index contributed by atoms with van der Waals surface area (Å²) >= 11 is 0. The van der Waals surface area contributed by atoms with E-state index >= 15 is 0 Å². The standard InChI is InChI=1S/C19H23N3O6S/c1-22(29(25,26)15-8-9-16(27-2)17(11-15)28-3)12-19(24)21-14-6-4-13(5-7-14)10-18(20)23/h4-9,11H,10,12H2,1-3H3,(H2,20,23)(H,21,24). The number of sulfonamides is 1. The summed E-state index contributed by atoms with van der Waals surface area (Å²) in [7, 11) is 0.239. The molecule has 29 heavy (non-hydrogen) atoms.